The van der Waals surface area contributed by atoms with Gasteiger partial charge in [-0.1, -0.05) is 40.9 Å². The molecule has 0 radical (unpaired) electrons. The Balaban J connectivity index is 2.90. The third-order valence-electron chi connectivity index (χ3n) is 2.13. The summed E-state index contributed by atoms with van der Waals surface area (Å²) in [6.07, 6.45) is 0. The fraction of sp³-hybridized carbons (Fsp3) is 0.167. The first-order valence-corrected chi connectivity index (χ1v) is 5.73. The lowest BCUT2D eigenvalue weighted by atomic mass is 10.1. The highest BCUT2D eigenvalue weighted by atomic mass is 35.5. The van der Waals surface area contributed by atoms with Gasteiger partial charge in [-0.15, -0.1) is 0 Å². The number of rotatable bonds is 3. The van der Waals surface area contributed by atoms with E-state index in [4.69, 9.17) is 23.2 Å². The number of aryl methyl sites for hydroxylation is 1. The van der Waals surface area contributed by atoms with E-state index < -0.39 is 11.9 Å². The Morgan fingerprint density at radius 2 is 1.72 bits per heavy atom. The molecule has 0 spiro atoms. The molecule has 0 aliphatic rings. The van der Waals surface area contributed by atoms with Crippen LogP contribution in [0.3, 0.4) is 0 Å². The number of methoxy groups -OCH3 is 1. The fourth-order valence-electron chi connectivity index (χ4n) is 1.17. The van der Waals surface area contributed by atoms with Gasteiger partial charge in [0, 0.05) is 5.56 Å². The van der Waals surface area contributed by atoms with Crippen molar-refractivity contribution in [3.05, 3.63) is 45.6 Å². The minimum absolute atomic E-state index is 0.286. The van der Waals surface area contributed by atoms with Crippen LogP contribution in [-0.2, 0) is 9.53 Å². The van der Waals surface area contributed by atoms with Crippen LogP contribution < -0.4 is 5.32 Å². The van der Waals surface area contributed by atoms with Crippen molar-refractivity contribution in [3.8, 4) is 0 Å². The van der Waals surface area contributed by atoms with Crippen molar-refractivity contribution in [3.63, 3.8) is 0 Å². The van der Waals surface area contributed by atoms with Gasteiger partial charge >= 0.3 is 5.97 Å². The quantitative estimate of drug-likeness (QED) is 0.687. The van der Waals surface area contributed by atoms with Gasteiger partial charge in [0.05, 0.1) is 7.11 Å². The molecule has 1 rings (SSSR count). The third-order valence-corrected chi connectivity index (χ3v) is 2.51. The molecular weight excluding hydrogens is 277 g/mol. The summed E-state index contributed by atoms with van der Waals surface area (Å²) in [7, 11) is 1.16. The van der Waals surface area contributed by atoms with E-state index in [2.05, 4.69) is 10.1 Å². The average Bonchev–Trinajstić information content (AvgIpc) is 2.35. The monoisotopic (exact) mass is 287 g/mol. The van der Waals surface area contributed by atoms with E-state index in [1.165, 1.54) is 0 Å². The van der Waals surface area contributed by atoms with Crippen molar-refractivity contribution in [2.75, 3.05) is 7.11 Å². The molecule has 4 nitrogen and oxygen atoms in total. The lowest BCUT2D eigenvalue weighted by Gasteiger charge is -2.08. The molecule has 1 N–H and O–H groups in total. The first-order valence-electron chi connectivity index (χ1n) is 4.97. The van der Waals surface area contributed by atoms with E-state index in [0.717, 1.165) is 12.7 Å². The number of hydrogen-bond acceptors (Lipinski definition) is 3. The predicted molar refractivity (Wildman–Crippen MR) is 69.4 cm³/mol. The highest BCUT2D eigenvalue weighted by Crippen LogP contribution is 2.14. The largest absolute Gasteiger partial charge is 0.464 e. The van der Waals surface area contributed by atoms with Crippen molar-refractivity contribution in [1.29, 1.82) is 0 Å². The van der Waals surface area contributed by atoms with Gasteiger partial charge in [0.1, 0.15) is 4.49 Å². The Labute approximate surface area is 115 Å². The maximum absolute atomic E-state index is 11.8. The van der Waals surface area contributed by atoms with E-state index in [9.17, 15) is 9.59 Å². The second-order valence-corrected chi connectivity index (χ2v) is 4.40. The summed E-state index contributed by atoms with van der Waals surface area (Å²) in [6.45, 7) is 1.90. The predicted octanol–water partition coefficient (Wildman–Crippen LogP) is 2.54. The van der Waals surface area contributed by atoms with Crippen molar-refractivity contribution in [2.45, 2.75) is 6.92 Å². The zero-order valence-corrected chi connectivity index (χ0v) is 11.3. The Hall–Kier alpha value is -1.52. The summed E-state index contributed by atoms with van der Waals surface area (Å²) in [5, 5.41) is 2.31. The van der Waals surface area contributed by atoms with Gasteiger partial charge in [0.2, 0.25) is 0 Å². The maximum Gasteiger partial charge on any atom is 0.357 e. The van der Waals surface area contributed by atoms with Crippen molar-refractivity contribution in [2.24, 2.45) is 0 Å². The number of esters is 1. The number of halogens is 2. The van der Waals surface area contributed by atoms with Crippen LogP contribution in [0, 0.1) is 6.92 Å². The van der Waals surface area contributed by atoms with Crippen molar-refractivity contribution >= 4 is 35.1 Å². The van der Waals surface area contributed by atoms with E-state index in [1.807, 2.05) is 6.92 Å². The minimum Gasteiger partial charge on any atom is -0.464 e. The molecule has 0 saturated heterocycles. The van der Waals surface area contributed by atoms with Gasteiger partial charge in [0.15, 0.2) is 5.70 Å². The molecule has 0 atom stereocenters. The maximum atomic E-state index is 11.8. The lowest BCUT2D eigenvalue weighted by molar-refractivity contribution is -0.136. The van der Waals surface area contributed by atoms with Crippen LogP contribution >= 0.6 is 23.2 Å². The van der Waals surface area contributed by atoms with Crippen LogP contribution in [0.15, 0.2) is 34.5 Å². The molecular formula is C12H11Cl2NO3. The van der Waals surface area contributed by atoms with Crippen LogP contribution in [0.1, 0.15) is 15.9 Å². The third kappa shape index (κ3) is 3.75. The van der Waals surface area contributed by atoms with E-state index in [-0.39, 0.29) is 10.2 Å². The van der Waals surface area contributed by atoms with Crippen LogP contribution in [0.5, 0.6) is 0 Å². The molecule has 0 aliphatic carbocycles. The summed E-state index contributed by atoms with van der Waals surface area (Å²) in [5.74, 6) is -1.30. The molecule has 0 unspecified atom stereocenters. The smallest absolute Gasteiger partial charge is 0.357 e. The summed E-state index contributed by atoms with van der Waals surface area (Å²) in [5.41, 5.74) is 1.12. The second kappa shape index (κ2) is 6.42. The number of amides is 1. The van der Waals surface area contributed by atoms with Gasteiger partial charge in [0.25, 0.3) is 5.91 Å². The number of carbonyl (C=O) groups excluding carboxylic acids is 2. The summed E-state index contributed by atoms with van der Waals surface area (Å²) >= 11 is 11.0. The number of benzene rings is 1. The zero-order chi connectivity index (χ0) is 13.7. The van der Waals surface area contributed by atoms with Gasteiger partial charge < -0.3 is 10.1 Å². The standard InChI is InChI=1S/C12H11Cl2NO3/c1-7-3-5-8(6-4-7)11(16)15-9(10(13)14)12(17)18-2/h3-6H,1-2H3,(H,15,16). The molecule has 0 bridgehead atoms. The first-order chi connectivity index (χ1) is 8.45. The van der Waals surface area contributed by atoms with Crippen LogP contribution in [0.2, 0.25) is 0 Å². The molecule has 18 heavy (non-hydrogen) atoms. The Bertz CT molecular complexity index is 491. The van der Waals surface area contributed by atoms with Gasteiger partial charge in [-0.2, -0.15) is 0 Å². The number of ether oxygens (including phenoxy) is 1. The molecule has 0 aliphatic heterocycles. The fourth-order valence-corrected chi connectivity index (χ4v) is 1.42. The highest BCUT2D eigenvalue weighted by Gasteiger charge is 2.17. The minimum atomic E-state index is -0.810. The molecule has 0 saturated carbocycles. The SMILES string of the molecule is COC(=O)C(NC(=O)c1ccc(C)cc1)=C(Cl)Cl. The average molecular weight is 288 g/mol. The van der Waals surface area contributed by atoms with Gasteiger partial charge in [-0.05, 0) is 19.1 Å². The van der Waals surface area contributed by atoms with Crippen LogP contribution in [0.25, 0.3) is 0 Å². The molecule has 6 heteroatoms. The topological polar surface area (TPSA) is 55.4 Å². The highest BCUT2D eigenvalue weighted by molar-refractivity contribution is 6.57. The van der Waals surface area contributed by atoms with Crippen molar-refractivity contribution < 1.29 is 14.3 Å². The second-order valence-electron chi connectivity index (χ2n) is 3.45. The van der Waals surface area contributed by atoms with E-state index >= 15 is 0 Å². The summed E-state index contributed by atoms with van der Waals surface area (Å²) in [6, 6.07) is 6.81. The number of carbonyl (C=O) groups is 2. The molecule has 0 aromatic heterocycles. The normalized spacial score (nSPS) is 9.56. The Kier molecular flexibility index (Phi) is 5.19. The van der Waals surface area contributed by atoms with Gasteiger partial charge in [-0.25, -0.2) is 4.79 Å². The van der Waals surface area contributed by atoms with Gasteiger partial charge in [-0.3, -0.25) is 4.79 Å². The lowest BCUT2D eigenvalue weighted by Crippen LogP contribution is -2.28. The molecule has 0 heterocycles. The van der Waals surface area contributed by atoms with Crippen LogP contribution in [0.4, 0.5) is 0 Å². The summed E-state index contributed by atoms with van der Waals surface area (Å²) < 4.78 is 4.09. The molecule has 96 valence electrons. The number of nitrogens with one attached hydrogen (secondary N) is 1. The van der Waals surface area contributed by atoms with E-state index in [0.29, 0.717) is 5.56 Å². The Morgan fingerprint density at radius 1 is 1.17 bits per heavy atom. The molecule has 1 amide bonds. The number of hydrogen-bond donors (Lipinski definition) is 1. The van der Waals surface area contributed by atoms with Crippen molar-refractivity contribution in [1.82, 2.24) is 5.32 Å². The Morgan fingerprint density at radius 3 is 2.17 bits per heavy atom. The first kappa shape index (κ1) is 14.5. The summed E-state index contributed by atoms with van der Waals surface area (Å²) in [4.78, 5) is 23.1. The molecule has 0 fully saturated rings. The van der Waals surface area contributed by atoms with E-state index in [1.54, 1.807) is 24.3 Å². The molecule has 1 aromatic carbocycles. The molecule has 1 aromatic rings. The van der Waals surface area contributed by atoms with Crippen LogP contribution in [-0.4, -0.2) is 19.0 Å². The zero-order valence-electron chi connectivity index (χ0n) is 9.79.